The topological polar surface area (TPSA) is 105 Å². The average molecular weight is 341 g/mol. The van der Waals surface area contributed by atoms with Crippen LogP contribution in [0.15, 0.2) is 0 Å². The fourth-order valence-corrected chi connectivity index (χ4v) is 4.61. The molecule has 0 saturated carbocycles. The van der Waals surface area contributed by atoms with E-state index < -0.39 is 17.8 Å². The normalized spacial score (nSPS) is 29.5. The van der Waals surface area contributed by atoms with E-state index in [4.69, 9.17) is 4.84 Å². The van der Waals surface area contributed by atoms with E-state index in [0.717, 1.165) is 18.6 Å². The first-order chi connectivity index (χ1) is 11.0. The number of urea groups is 1. The van der Waals surface area contributed by atoms with Crippen LogP contribution in [-0.4, -0.2) is 52.0 Å². The maximum absolute atomic E-state index is 11.7. The molecule has 0 unspecified atom stereocenters. The number of amides is 4. The second-order valence-corrected chi connectivity index (χ2v) is 7.18. The van der Waals surface area contributed by atoms with E-state index in [1.54, 1.807) is 0 Å². The van der Waals surface area contributed by atoms with Crippen LogP contribution in [0, 0.1) is 0 Å². The highest BCUT2D eigenvalue weighted by atomic mass is 32.2. The van der Waals surface area contributed by atoms with E-state index in [0.29, 0.717) is 16.7 Å². The molecule has 0 spiro atoms. The van der Waals surface area contributed by atoms with Crippen LogP contribution in [-0.2, 0) is 19.2 Å². The lowest BCUT2D eigenvalue weighted by molar-refractivity contribution is -0.197. The summed E-state index contributed by atoms with van der Waals surface area (Å²) < 4.78 is 0. The average Bonchev–Trinajstić information content (AvgIpc) is 3.14. The van der Waals surface area contributed by atoms with Crippen LogP contribution in [0.2, 0.25) is 0 Å². The number of carbonyl (C=O) groups excluding carboxylic acids is 4. The molecule has 2 N–H and O–H groups in total. The Bertz CT molecular complexity index is 525. The van der Waals surface area contributed by atoms with Crippen LogP contribution in [0.3, 0.4) is 0 Å². The van der Waals surface area contributed by atoms with Crippen LogP contribution in [0.5, 0.6) is 0 Å². The summed E-state index contributed by atoms with van der Waals surface area (Å²) in [6.07, 6.45) is 2.75. The van der Waals surface area contributed by atoms with E-state index >= 15 is 0 Å². The maximum Gasteiger partial charge on any atom is 0.333 e. The maximum atomic E-state index is 11.7. The monoisotopic (exact) mass is 341 g/mol. The van der Waals surface area contributed by atoms with Gasteiger partial charge >= 0.3 is 12.0 Å². The Hall–Kier alpha value is -1.77. The Labute approximate surface area is 137 Å². The lowest BCUT2D eigenvalue weighted by atomic mass is 10.0. The molecular formula is C14H19N3O5S. The summed E-state index contributed by atoms with van der Waals surface area (Å²) in [7, 11) is 0. The van der Waals surface area contributed by atoms with E-state index in [2.05, 4.69) is 10.6 Å². The molecule has 0 aliphatic carbocycles. The summed E-state index contributed by atoms with van der Waals surface area (Å²) in [5, 5.41) is 6.76. The number of imide groups is 1. The van der Waals surface area contributed by atoms with Gasteiger partial charge in [-0.25, -0.2) is 9.59 Å². The van der Waals surface area contributed by atoms with E-state index in [9.17, 15) is 19.2 Å². The van der Waals surface area contributed by atoms with Crippen molar-refractivity contribution in [2.75, 3.05) is 5.75 Å². The predicted octanol–water partition coefficient (Wildman–Crippen LogP) is 0.319. The summed E-state index contributed by atoms with van der Waals surface area (Å²) in [5.74, 6) is -0.557. The number of unbranched alkanes of at least 4 members (excludes halogenated alkanes) is 1. The third-order valence-corrected chi connectivity index (χ3v) is 5.77. The van der Waals surface area contributed by atoms with Gasteiger partial charge < -0.3 is 15.5 Å². The van der Waals surface area contributed by atoms with Crippen LogP contribution < -0.4 is 10.6 Å². The fraction of sp³-hybridized carbons (Fsp3) is 0.714. The molecule has 126 valence electrons. The number of hydroxylamine groups is 2. The summed E-state index contributed by atoms with van der Waals surface area (Å²) in [5.41, 5.74) is 0. The van der Waals surface area contributed by atoms with Gasteiger partial charge in [-0.3, -0.25) is 9.59 Å². The lowest BCUT2D eigenvalue weighted by Crippen LogP contribution is -2.36. The first-order valence-corrected chi connectivity index (χ1v) is 8.84. The van der Waals surface area contributed by atoms with Gasteiger partial charge in [0.2, 0.25) is 0 Å². The van der Waals surface area contributed by atoms with Gasteiger partial charge in [-0.2, -0.15) is 11.8 Å². The van der Waals surface area contributed by atoms with Crippen molar-refractivity contribution in [1.29, 1.82) is 0 Å². The van der Waals surface area contributed by atoms with Gasteiger partial charge in [-0.05, 0) is 12.8 Å². The molecule has 0 aromatic carbocycles. The highest BCUT2D eigenvalue weighted by molar-refractivity contribution is 8.00. The second kappa shape index (κ2) is 6.77. The van der Waals surface area contributed by atoms with Gasteiger partial charge in [0, 0.05) is 30.3 Å². The van der Waals surface area contributed by atoms with Crippen LogP contribution in [0.25, 0.3) is 0 Å². The lowest BCUT2D eigenvalue weighted by Gasteiger charge is -2.16. The van der Waals surface area contributed by atoms with Gasteiger partial charge in [-0.15, -0.1) is 5.06 Å². The number of carbonyl (C=O) groups is 4. The van der Waals surface area contributed by atoms with Crippen molar-refractivity contribution in [2.24, 2.45) is 0 Å². The predicted molar refractivity (Wildman–Crippen MR) is 81.1 cm³/mol. The van der Waals surface area contributed by atoms with E-state index in [1.807, 2.05) is 11.8 Å². The van der Waals surface area contributed by atoms with Crippen LogP contribution in [0.1, 0.15) is 38.5 Å². The minimum absolute atomic E-state index is 0.103. The molecular weight excluding hydrogens is 322 g/mol. The Morgan fingerprint density at radius 2 is 1.91 bits per heavy atom. The van der Waals surface area contributed by atoms with Crippen molar-refractivity contribution in [3.05, 3.63) is 0 Å². The zero-order chi connectivity index (χ0) is 16.4. The Balaban J connectivity index is 1.34. The number of rotatable bonds is 6. The fourth-order valence-electron chi connectivity index (χ4n) is 3.06. The number of nitrogens with one attached hydrogen (secondary N) is 2. The largest absolute Gasteiger partial charge is 0.333 e. The molecule has 4 amide bonds. The third kappa shape index (κ3) is 3.60. The molecule has 3 heterocycles. The minimum atomic E-state index is -0.554. The summed E-state index contributed by atoms with van der Waals surface area (Å²) >= 11 is 1.83. The van der Waals surface area contributed by atoms with Crippen molar-refractivity contribution in [2.45, 2.75) is 55.9 Å². The van der Waals surface area contributed by atoms with Crippen molar-refractivity contribution in [1.82, 2.24) is 15.7 Å². The minimum Gasteiger partial charge on any atom is -0.332 e. The second-order valence-electron chi connectivity index (χ2n) is 5.91. The highest BCUT2D eigenvalue weighted by Crippen LogP contribution is 2.33. The molecule has 3 atom stereocenters. The van der Waals surface area contributed by atoms with Crippen molar-refractivity contribution >= 4 is 35.6 Å². The number of thioether (sulfide) groups is 1. The first kappa shape index (κ1) is 16.1. The van der Waals surface area contributed by atoms with Crippen molar-refractivity contribution in [3.8, 4) is 0 Å². The molecule has 3 aliphatic heterocycles. The highest BCUT2D eigenvalue weighted by Gasteiger charge is 2.42. The quantitative estimate of drug-likeness (QED) is 0.409. The number of hydrogen-bond donors (Lipinski definition) is 2. The van der Waals surface area contributed by atoms with E-state index in [-0.39, 0.29) is 37.4 Å². The number of hydrogen-bond acceptors (Lipinski definition) is 6. The SMILES string of the molecule is O=C1N[C@H]2[C@H](CS[C@@H]2CCCCC(=O)ON2C(=O)CCC2=O)N1. The number of fused-ring (bicyclic) bond motifs is 1. The van der Waals surface area contributed by atoms with Gasteiger partial charge in [0.15, 0.2) is 0 Å². The summed E-state index contributed by atoms with van der Waals surface area (Å²) in [6.45, 7) is 0. The molecule has 3 fully saturated rings. The zero-order valence-electron chi connectivity index (χ0n) is 12.6. The zero-order valence-corrected chi connectivity index (χ0v) is 13.4. The molecule has 3 rings (SSSR count). The first-order valence-electron chi connectivity index (χ1n) is 7.80. The van der Waals surface area contributed by atoms with Gasteiger partial charge in [-0.1, -0.05) is 6.42 Å². The standard InChI is InChI=1S/C14H19N3O5S/c18-10-5-6-11(19)17(10)22-12(20)4-2-1-3-9-13-8(7-23-9)15-14(21)16-13/h8-9,13H,1-7H2,(H2,15,16,21)/t8-,9+,13-/m0/s1. The summed E-state index contributed by atoms with van der Waals surface area (Å²) in [4.78, 5) is 50.5. The van der Waals surface area contributed by atoms with E-state index in [1.165, 1.54) is 0 Å². The Morgan fingerprint density at radius 1 is 1.17 bits per heavy atom. The van der Waals surface area contributed by atoms with Crippen LogP contribution in [0.4, 0.5) is 4.79 Å². The molecule has 9 heteroatoms. The third-order valence-electron chi connectivity index (χ3n) is 4.26. The molecule has 23 heavy (non-hydrogen) atoms. The molecule has 3 saturated heterocycles. The summed E-state index contributed by atoms with van der Waals surface area (Å²) in [6, 6.07) is 0.266. The van der Waals surface area contributed by atoms with Crippen molar-refractivity contribution in [3.63, 3.8) is 0 Å². The molecule has 0 bridgehead atoms. The molecule has 3 aliphatic rings. The Kier molecular flexibility index (Phi) is 4.74. The molecule has 8 nitrogen and oxygen atoms in total. The van der Waals surface area contributed by atoms with Gasteiger partial charge in [0.1, 0.15) is 0 Å². The van der Waals surface area contributed by atoms with Gasteiger partial charge in [0.25, 0.3) is 11.8 Å². The van der Waals surface area contributed by atoms with Gasteiger partial charge in [0.05, 0.1) is 12.1 Å². The van der Waals surface area contributed by atoms with Crippen LogP contribution >= 0.6 is 11.8 Å². The molecule has 0 radical (unpaired) electrons. The smallest absolute Gasteiger partial charge is 0.332 e. The Morgan fingerprint density at radius 3 is 2.65 bits per heavy atom. The van der Waals surface area contributed by atoms with Crippen molar-refractivity contribution < 1.29 is 24.0 Å². The number of nitrogens with zero attached hydrogens (tertiary/aromatic N) is 1. The molecule has 0 aromatic rings. The molecule has 0 aromatic heterocycles.